The normalized spacial score (nSPS) is 10.9. The van der Waals surface area contributed by atoms with Crippen LogP contribution in [0.1, 0.15) is 22.8 Å². The molecular weight excluding hydrogens is 276 g/mol. The monoisotopic (exact) mass is 294 g/mol. The van der Waals surface area contributed by atoms with E-state index in [2.05, 4.69) is 10.9 Å². The molecule has 0 aliphatic rings. The number of carbonyl (C=O) groups excluding carboxylic acids is 2. The van der Waals surface area contributed by atoms with Crippen LogP contribution in [0.25, 0.3) is 0 Å². The molecule has 22 heavy (non-hydrogen) atoms. The molecule has 2 aromatic carbocycles. The van der Waals surface area contributed by atoms with Gasteiger partial charge in [0.1, 0.15) is 0 Å². The summed E-state index contributed by atoms with van der Waals surface area (Å²) in [5.41, 5.74) is 7.45. The molecule has 0 bridgehead atoms. The summed E-state index contributed by atoms with van der Waals surface area (Å²) in [4.78, 5) is 23.7. The summed E-state index contributed by atoms with van der Waals surface area (Å²) in [6.07, 6.45) is 1.74. The van der Waals surface area contributed by atoms with E-state index in [4.69, 9.17) is 0 Å². The van der Waals surface area contributed by atoms with E-state index in [9.17, 15) is 9.59 Å². The number of nitrogens with one attached hydrogen (secondary N) is 2. The van der Waals surface area contributed by atoms with Crippen LogP contribution in [-0.4, -0.2) is 11.7 Å². The highest BCUT2D eigenvalue weighted by molar-refractivity contribution is 6.04. The summed E-state index contributed by atoms with van der Waals surface area (Å²) in [7, 11) is 0. The standard InChI is InChI=1S/C18H18N2O2/c1-14(12-17(21)16-10-6-3-7-11-16)19-20-18(22)13-15-8-4-2-5-9-15/h2-12,19H,13H2,1H3,(H,20,22)/b14-12-. The fraction of sp³-hybridized carbons (Fsp3) is 0.111. The van der Waals surface area contributed by atoms with Gasteiger partial charge < -0.3 is 5.43 Å². The summed E-state index contributed by atoms with van der Waals surface area (Å²) >= 11 is 0. The summed E-state index contributed by atoms with van der Waals surface area (Å²) in [5, 5.41) is 0. The molecule has 0 spiro atoms. The minimum absolute atomic E-state index is 0.108. The van der Waals surface area contributed by atoms with Crippen LogP contribution in [0.2, 0.25) is 0 Å². The quantitative estimate of drug-likeness (QED) is 0.489. The Bertz CT molecular complexity index is 664. The number of rotatable bonds is 6. The van der Waals surface area contributed by atoms with Crippen LogP contribution >= 0.6 is 0 Å². The Labute approximate surface area is 129 Å². The predicted octanol–water partition coefficient (Wildman–Crippen LogP) is 2.64. The third-order valence-corrected chi connectivity index (χ3v) is 3.01. The average Bonchev–Trinajstić information content (AvgIpc) is 2.55. The second kappa shape index (κ2) is 7.78. The molecule has 0 radical (unpaired) electrons. The second-order valence-corrected chi connectivity index (χ2v) is 4.89. The molecule has 0 saturated carbocycles. The van der Waals surface area contributed by atoms with Gasteiger partial charge in [0, 0.05) is 17.3 Å². The molecule has 0 aromatic heterocycles. The maximum Gasteiger partial charge on any atom is 0.242 e. The van der Waals surface area contributed by atoms with E-state index in [0.29, 0.717) is 11.3 Å². The van der Waals surface area contributed by atoms with Crippen LogP contribution in [-0.2, 0) is 11.2 Å². The van der Waals surface area contributed by atoms with E-state index in [-0.39, 0.29) is 18.1 Å². The van der Waals surface area contributed by atoms with Crippen molar-refractivity contribution in [3.63, 3.8) is 0 Å². The van der Waals surface area contributed by atoms with E-state index in [1.165, 1.54) is 6.08 Å². The number of hydrazine groups is 1. The Hall–Kier alpha value is -2.88. The maximum atomic E-state index is 12.0. The minimum Gasteiger partial charge on any atom is -0.303 e. The molecule has 112 valence electrons. The van der Waals surface area contributed by atoms with Gasteiger partial charge in [0.2, 0.25) is 5.91 Å². The SMILES string of the molecule is C/C(=C/C(=O)c1ccccc1)NNC(=O)Cc1ccccc1. The fourth-order valence-electron chi connectivity index (χ4n) is 1.91. The van der Waals surface area contributed by atoms with Gasteiger partial charge >= 0.3 is 0 Å². The van der Waals surface area contributed by atoms with Gasteiger partial charge in [-0.2, -0.15) is 0 Å². The lowest BCUT2D eigenvalue weighted by Crippen LogP contribution is -2.37. The zero-order valence-corrected chi connectivity index (χ0v) is 12.4. The number of carbonyl (C=O) groups is 2. The largest absolute Gasteiger partial charge is 0.303 e. The highest BCUT2D eigenvalue weighted by atomic mass is 16.2. The third-order valence-electron chi connectivity index (χ3n) is 3.01. The van der Waals surface area contributed by atoms with Gasteiger partial charge in [-0.15, -0.1) is 0 Å². The Morgan fingerprint density at radius 2 is 1.50 bits per heavy atom. The van der Waals surface area contributed by atoms with E-state index in [1.807, 2.05) is 48.5 Å². The molecular formula is C18H18N2O2. The molecule has 2 rings (SSSR count). The minimum atomic E-state index is -0.161. The van der Waals surface area contributed by atoms with E-state index >= 15 is 0 Å². The topological polar surface area (TPSA) is 58.2 Å². The first-order chi connectivity index (χ1) is 10.6. The van der Waals surface area contributed by atoms with Crippen LogP contribution in [0.3, 0.4) is 0 Å². The Kier molecular flexibility index (Phi) is 5.49. The van der Waals surface area contributed by atoms with Crippen LogP contribution in [0.4, 0.5) is 0 Å². The molecule has 0 heterocycles. The number of amides is 1. The van der Waals surface area contributed by atoms with Crippen molar-refractivity contribution >= 4 is 11.7 Å². The molecule has 4 heteroatoms. The van der Waals surface area contributed by atoms with Gasteiger partial charge in [0.15, 0.2) is 5.78 Å². The van der Waals surface area contributed by atoms with E-state index < -0.39 is 0 Å². The molecule has 0 unspecified atom stereocenters. The number of benzene rings is 2. The summed E-state index contributed by atoms with van der Waals surface area (Å²) in [6, 6.07) is 18.4. The number of hydrogen-bond acceptors (Lipinski definition) is 3. The van der Waals surface area contributed by atoms with Crippen LogP contribution in [0, 0.1) is 0 Å². The van der Waals surface area contributed by atoms with E-state index in [0.717, 1.165) is 5.56 Å². The average molecular weight is 294 g/mol. The lowest BCUT2D eigenvalue weighted by molar-refractivity contribution is -0.121. The van der Waals surface area contributed by atoms with Crippen molar-refractivity contribution in [2.24, 2.45) is 0 Å². The van der Waals surface area contributed by atoms with E-state index in [1.54, 1.807) is 19.1 Å². The molecule has 0 atom stereocenters. The Morgan fingerprint density at radius 3 is 2.14 bits per heavy atom. The molecule has 0 aliphatic carbocycles. The smallest absolute Gasteiger partial charge is 0.242 e. The maximum absolute atomic E-state index is 12.0. The van der Waals surface area contributed by atoms with Crippen LogP contribution < -0.4 is 10.9 Å². The molecule has 2 N–H and O–H groups in total. The number of hydrogen-bond donors (Lipinski definition) is 2. The van der Waals surface area contributed by atoms with Crippen LogP contribution in [0.5, 0.6) is 0 Å². The van der Waals surface area contributed by atoms with Gasteiger partial charge in [-0.3, -0.25) is 15.0 Å². The van der Waals surface area contributed by atoms with Gasteiger partial charge in [-0.25, -0.2) is 0 Å². The third kappa shape index (κ3) is 4.90. The molecule has 1 amide bonds. The second-order valence-electron chi connectivity index (χ2n) is 4.89. The number of ketones is 1. The van der Waals surface area contributed by atoms with Crippen molar-refractivity contribution in [1.82, 2.24) is 10.9 Å². The Balaban J connectivity index is 1.84. The lowest BCUT2D eigenvalue weighted by Gasteiger charge is -2.08. The molecule has 0 aliphatic heterocycles. The van der Waals surface area contributed by atoms with Gasteiger partial charge in [-0.05, 0) is 12.5 Å². The first-order valence-corrected chi connectivity index (χ1v) is 7.01. The molecule has 0 fully saturated rings. The first-order valence-electron chi connectivity index (χ1n) is 7.01. The van der Waals surface area contributed by atoms with Crippen LogP contribution in [0.15, 0.2) is 72.4 Å². The summed E-state index contributed by atoms with van der Waals surface area (Å²) < 4.78 is 0. The van der Waals surface area contributed by atoms with Crippen molar-refractivity contribution in [3.05, 3.63) is 83.6 Å². The van der Waals surface area contributed by atoms with Crippen molar-refractivity contribution in [3.8, 4) is 0 Å². The van der Waals surface area contributed by atoms with Crippen molar-refractivity contribution in [2.45, 2.75) is 13.3 Å². The highest BCUT2D eigenvalue weighted by Gasteiger charge is 2.04. The molecule has 4 nitrogen and oxygen atoms in total. The molecule has 2 aromatic rings. The molecule has 0 saturated heterocycles. The zero-order valence-electron chi connectivity index (χ0n) is 12.4. The van der Waals surface area contributed by atoms with Gasteiger partial charge in [0.25, 0.3) is 0 Å². The highest BCUT2D eigenvalue weighted by Crippen LogP contribution is 2.02. The summed E-state index contributed by atoms with van der Waals surface area (Å²) in [5.74, 6) is -0.269. The van der Waals surface area contributed by atoms with Gasteiger partial charge in [-0.1, -0.05) is 60.7 Å². The van der Waals surface area contributed by atoms with Crippen molar-refractivity contribution in [1.29, 1.82) is 0 Å². The number of allylic oxidation sites excluding steroid dienone is 2. The Morgan fingerprint density at radius 1 is 0.909 bits per heavy atom. The summed E-state index contributed by atoms with van der Waals surface area (Å²) in [6.45, 7) is 1.73. The lowest BCUT2D eigenvalue weighted by atomic mass is 10.1. The first kappa shape index (κ1) is 15.5. The van der Waals surface area contributed by atoms with Crippen molar-refractivity contribution in [2.75, 3.05) is 0 Å². The predicted molar refractivity (Wildman–Crippen MR) is 86.0 cm³/mol. The fourth-order valence-corrected chi connectivity index (χ4v) is 1.91. The van der Waals surface area contributed by atoms with Gasteiger partial charge in [0.05, 0.1) is 6.42 Å². The van der Waals surface area contributed by atoms with Crippen molar-refractivity contribution < 1.29 is 9.59 Å². The zero-order chi connectivity index (χ0) is 15.8.